The fraction of sp³-hybridized carbons (Fsp3) is 0.227. The number of piperidine rings is 1. The summed E-state index contributed by atoms with van der Waals surface area (Å²) in [6.07, 6.45) is -0.118. The first-order chi connectivity index (χ1) is 15.5. The van der Waals surface area contributed by atoms with Gasteiger partial charge in [0.15, 0.2) is 5.13 Å². The minimum Gasteiger partial charge on any atom is -0.444 e. The first kappa shape index (κ1) is 20.1. The molecule has 9 nitrogen and oxygen atoms in total. The number of nitrogens with one attached hydrogen (secondary N) is 2. The zero-order chi connectivity index (χ0) is 22.2. The number of nitrogens with zero attached hydrogens (tertiary/aromatic N) is 2. The van der Waals surface area contributed by atoms with E-state index in [1.807, 2.05) is 24.3 Å². The lowest BCUT2D eigenvalue weighted by atomic mass is 10.0. The monoisotopic (exact) mass is 450 g/mol. The third kappa shape index (κ3) is 3.80. The quantitative estimate of drug-likeness (QED) is 0.590. The Morgan fingerprint density at radius 2 is 2.06 bits per heavy atom. The molecule has 10 heteroatoms. The van der Waals surface area contributed by atoms with Crippen LogP contribution in [0.15, 0.2) is 42.5 Å². The minimum atomic E-state index is -0.660. The van der Waals surface area contributed by atoms with Crippen LogP contribution in [0.1, 0.15) is 34.3 Å². The number of anilines is 1. The molecule has 4 amide bonds. The summed E-state index contributed by atoms with van der Waals surface area (Å²) in [5.41, 5.74) is 2.72. The first-order valence-corrected chi connectivity index (χ1v) is 10.9. The highest BCUT2D eigenvalue weighted by atomic mass is 32.1. The van der Waals surface area contributed by atoms with E-state index in [0.29, 0.717) is 29.2 Å². The van der Waals surface area contributed by atoms with E-state index in [4.69, 9.17) is 4.74 Å². The number of para-hydroxylation sites is 1. The summed E-state index contributed by atoms with van der Waals surface area (Å²) in [5.74, 6) is -1.04. The molecule has 1 fully saturated rings. The molecule has 2 N–H and O–H groups in total. The standard InChI is InChI=1S/C22H18N4O5S/c27-18-8-7-16(19(28)24-18)26-10-13-6-5-12(9-14(13)20(26)29)11-31-22(30)25-21-23-15-3-1-2-4-17(15)32-21/h1-6,9,16H,7-8,10-11H2,(H,23,25,30)(H,24,27,28). The Morgan fingerprint density at radius 3 is 2.88 bits per heavy atom. The number of carbonyl (C=O) groups is 4. The summed E-state index contributed by atoms with van der Waals surface area (Å²) in [6, 6.07) is 12.2. The summed E-state index contributed by atoms with van der Waals surface area (Å²) in [5, 5.41) is 5.35. The van der Waals surface area contributed by atoms with Crippen molar-refractivity contribution in [3.63, 3.8) is 0 Å². The van der Waals surface area contributed by atoms with Crippen molar-refractivity contribution in [2.75, 3.05) is 5.32 Å². The van der Waals surface area contributed by atoms with Crippen LogP contribution in [-0.4, -0.2) is 39.7 Å². The van der Waals surface area contributed by atoms with Gasteiger partial charge in [0.25, 0.3) is 5.91 Å². The van der Waals surface area contributed by atoms with Gasteiger partial charge in [-0.1, -0.05) is 35.6 Å². The zero-order valence-corrected chi connectivity index (χ0v) is 17.6. The van der Waals surface area contributed by atoms with E-state index in [0.717, 1.165) is 15.8 Å². The second-order valence-electron chi connectivity index (χ2n) is 7.58. The van der Waals surface area contributed by atoms with Crippen molar-refractivity contribution in [3.8, 4) is 0 Å². The summed E-state index contributed by atoms with van der Waals surface area (Å²) >= 11 is 1.35. The van der Waals surface area contributed by atoms with Crippen LogP contribution in [-0.2, 0) is 27.5 Å². The Hall–Kier alpha value is -3.79. The number of rotatable bonds is 4. The molecular formula is C22H18N4O5S. The van der Waals surface area contributed by atoms with E-state index >= 15 is 0 Å². The number of carbonyl (C=O) groups excluding carboxylic acids is 4. The average molecular weight is 450 g/mol. The van der Waals surface area contributed by atoms with Crippen LogP contribution in [0.3, 0.4) is 0 Å². The van der Waals surface area contributed by atoms with Crippen molar-refractivity contribution < 1.29 is 23.9 Å². The summed E-state index contributed by atoms with van der Waals surface area (Å²) in [7, 11) is 0. The highest BCUT2D eigenvalue weighted by molar-refractivity contribution is 7.22. The number of imide groups is 1. The Bertz CT molecular complexity index is 1240. The molecule has 3 heterocycles. The van der Waals surface area contributed by atoms with Gasteiger partial charge in [-0.3, -0.25) is 25.0 Å². The van der Waals surface area contributed by atoms with Gasteiger partial charge >= 0.3 is 6.09 Å². The number of thiazole rings is 1. The van der Waals surface area contributed by atoms with Crippen molar-refractivity contribution in [2.45, 2.75) is 32.0 Å². The number of ether oxygens (including phenoxy) is 1. The van der Waals surface area contributed by atoms with Gasteiger partial charge in [0, 0.05) is 18.5 Å². The van der Waals surface area contributed by atoms with E-state index < -0.39 is 18.0 Å². The molecular weight excluding hydrogens is 432 g/mol. The van der Waals surface area contributed by atoms with Crippen LogP contribution in [0.4, 0.5) is 9.93 Å². The molecule has 5 rings (SSSR count). The third-order valence-electron chi connectivity index (χ3n) is 5.47. The van der Waals surface area contributed by atoms with Crippen LogP contribution in [0, 0.1) is 0 Å². The van der Waals surface area contributed by atoms with Crippen LogP contribution < -0.4 is 10.6 Å². The molecule has 0 spiro atoms. The molecule has 2 aliphatic heterocycles. The number of aromatic nitrogens is 1. The Labute approximate surface area is 186 Å². The second kappa shape index (κ2) is 8.04. The van der Waals surface area contributed by atoms with Crippen molar-refractivity contribution >= 4 is 50.5 Å². The third-order valence-corrected chi connectivity index (χ3v) is 6.42. The second-order valence-corrected chi connectivity index (χ2v) is 8.61. The van der Waals surface area contributed by atoms with E-state index in [2.05, 4.69) is 15.6 Å². The molecule has 162 valence electrons. The van der Waals surface area contributed by atoms with Gasteiger partial charge in [0.1, 0.15) is 12.6 Å². The molecule has 0 bridgehead atoms. The van der Waals surface area contributed by atoms with Crippen molar-refractivity contribution in [2.24, 2.45) is 0 Å². The van der Waals surface area contributed by atoms with E-state index in [1.165, 1.54) is 16.2 Å². The van der Waals surface area contributed by atoms with Gasteiger partial charge in [-0.15, -0.1) is 0 Å². The van der Waals surface area contributed by atoms with E-state index in [1.54, 1.807) is 18.2 Å². The molecule has 0 saturated carbocycles. The maximum Gasteiger partial charge on any atom is 0.413 e. The molecule has 1 atom stereocenters. The number of amides is 4. The lowest BCUT2D eigenvalue weighted by molar-refractivity contribution is -0.136. The smallest absolute Gasteiger partial charge is 0.413 e. The van der Waals surface area contributed by atoms with Gasteiger partial charge in [0.05, 0.1) is 10.2 Å². The molecule has 1 saturated heterocycles. The Morgan fingerprint density at radius 1 is 1.22 bits per heavy atom. The predicted molar refractivity (Wildman–Crippen MR) is 116 cm³/mol. The zero-order valence-electron chi connectivity index (χ0n) is 16.8. The summed E-state index contributed by atoms with van der Waals surface area (Å²) in [4.78, 5) is 54.4. The normalized spacial score (nSPS) is 17.9. The molecule has 1 unspecified atom stereocenters. The Balaban J connectivity index is 1.22. The van der Waals surface area contributed by atoms with Crippen molar-refractivity contribution in [1.82, 2.24) is 15.2 Å². The number of hydrogen-bond donors (Lipinski definition) is 2. The number of fused-ring (bicyclic) bond motifs is 2. The van der Waals surface area contributed by atoms with Gasteiger partial charge in [0.2, 0.25) is 11.8 Å². The molecule has 3 aromatic rings. The van der Waals surface area contributed by atoms with Gasteiger partial charge in [-0.2, -0.15) is 0 Å². The lowest BCUT2D eigenvalue weighted by Gasteiger charge is -2.29. The molecule has 2 aliphatic rings. The van der Waals surface area contributed by atoms with Crippen LogP contribution in [0.25, 0.3) is 10.2 Å². The minimum absolute atomic E-state index is 0.0181. The molecule has 0 radical (unpaired) electrons. The largest absolute Gasteiger partial charge is 0.444 e. The SMILES string of the molecule is O=C1CCC(N2Cc3ccc(COC(=O)Nc4nc5ccccc5s4)cc3C2=O)C(=O)N1. The summed E-state index contributed by atoms with van der Waals surface area (Å²) < 4.78 is 6.24. The van der Waals surface area contributed by atoms with Gasteiger partial charge < -0.3 is 9.64 Å². The number of benzene rings is 2. The molecule has 1 aromatic heterocycles. The first-order valence-electron chi connectivity index (χ1n) is 10.0. The maximum absolute atomic E-state index is 12.9. The summed E-state index contributed by atoms with van der Waals surface area (Å²) in [6.45, 7) is 0.287. The number of hydrogen-bond acceptors (Lipinski definition) is 7. The highest BCUT2D eigenvalue weighted by Gasteiger charge is 2.39. The maximum atomic E-state index is 12.9. The lowest BCUT2D eigenvalue weighted by Crippen LogP contribution is -2.52. The topological polar surface area (TPSA) is 118 Å². The van der Waals surface area contributed by atoms with Crippen molar-refractivity contribution in [3.05, 3.63) is 59.2 Å². The van der Waals surface area contributed by atoms with Crippen LogP contribution >= 0.6 is 11.3 Å². The average Bonchev–Trinajstić information content (AvgIpc) is 3.32. The Kier molecular flexibility index (Phi) is 5.06. The van der Waals surface area contributed by atoms with Gasteiger partial charge in [-0.25, -0.2) is 9.78 Å². The van der Waals surface area contributed by atoms with Gasteiger partial charge in [-0.05, 0) is 35.7 Å². The molecule has 2 aromatic carbocycles. The fourth-order valence-corrected chi connectivity index (χ4v) is 4.74. The van der Waals surface area contributed by atoms with E-state index in [9.17, 15) is 19.2 Å². The van der Waals surface area contributed by atoms with Crippen molar-refractivity contribution in [1.29, 1.82) is 0 Å². The predicted octanol–water partition coefficient (Wildman–Crippen LogP) is 2.81. The highest BCUT2D eigenvalue weighted by Crippen LogP contribution is 2.29. The molecule has 0 aliphatic carbocycles. The van der Waals surface area contributed by atoms with E-state index in [-0.39, 0.29) is 24.8 Å². The van der Waals surface area contributed by atoms with Crippen LogP contribution in [0.2, 0.25) is 0 Å². The fourth-order valence-electron chi connectivity index (χ4n) is 3.89. The van der Waals surface area contributed by atoms with Crippen LogP contribution in [0.5, 0.6) is 0 Å². The molecule has 32 heavy (non-hydrogen) atoms.